The molecule has 0 aliphatic carbocycles. The summed E-state index contributed by atoms with van der Waals surface area (Å²) in [5.74, 6) is -0.182. The third-order valence-corrected chi connectivity index (χ3v) is 8.73. The fraction of sp³-hybridized carbons (Fsp3) is 0.759. The van der Waals surface area contributed by atoms with Crippen LogP contribution in [0.15, 0.2) is 24.3 Å². The molecular formula is C29H45NO7. The second-order valence-corrected chi connectivity index (χ2v) is 11.3. The van der Waals surface area contributed by atoms with E-state index < -0.39 is 5.79 Å². The largest absolute Gasteiger partial charge is 0.493 e. The number of benzene rings is 1. The molecule has 8 nitrogen and oxygen atoms in total. The van der Waals surface area contributed by atoms with Crippen molar-refractivity contribution in [2.24, 2.45) is 5.92 Å². The maximum Gasteiger partial charge on any atom is 0.302 e. The molecule has 0 aromatic heterocycles. The van der Waals surface area contributed by atoms with Crippen LogP contribution in [-0.4, -0.2) is 66.5 Å². The number of esters is 1. The Morgan fingerprint density at radius 1 is 1.14 bits per heavy atom. The van der Waals surface area contributed by atoms with E-state index in [4.69, 9.17) is 28.5 Å². The summed E-state index contributed by atoms with van der Waals surface area (Å²) >= 11 is 0. The zero-order chi connectivity index (χ0) is 26.8. The zero-order valence-electron chi connectivity index (χ0n) is 23.6. The molecule has 4 rings (SSSR count). The average Bonchev–Trinajstić information content (AvgIpc) is 3.63. The summed E-state index contributed by atoms with van der Waals surface area (Å²) in [6.07, 6.45) is 3.28. The molecule has 0 saturated carbocycles. The number of piperidine rings is 1. The SMILES string of the molecule is CCC1(C)CC2(OCC(COC(C)=O)O2)C(C)C(C)(CC)N1OC(C)c1ccc(OCCC2CO2)cc1. The Labute approximate surface area is 221 Å². The number of carbonyl (C=O) groups is 1. The van der Waals surface area contributed by atoms with Gasteiger partial charge in [-0.25, -0.2) is 0 Å². The topological polar surface area (TPSA) is 79.0 Å². The van der Waals surface area contributed by atoms with Crippen molar-refractivity contribution >= 4 is 5.97 Å². The molecule has 37 heavy (non-hydrogen) atoms. The lowest BCUT2D eigenvalue weighted by atomic mass is 9.67. The van der Waals surface area contributed by atoms with Gasteiger partial charge in [0, 0.05) is 31.2 Å². The van der Waals surface area contributed by atoms with Crippen LogP contribution in [0.1, 0.15) is 85.8 Å². The van der Waals surface area contributed by atoms with E-state index in [2.05, 4.69) is 58.7 Å². The third kappa shape index (κ3) is 5.98. The standard InChI is InChI=1S/C29H45NO7/c1-8-27(6)19-29(35-18-26(36-29)17-33-22(5)31)21(4)28(7,9-2)30(27)37-20(3)23-10-12-24(13-11-23)32-15-14-25-16-34-25/h10-13,20-21,25-26H,8-9,14-19H2,1-7H3. The second kappa shape index (κ2) is 11.2. The van der Waals surface area contributed by atoms with Gasteiger partial charge in [0.15, 0.2) is 5.79 Å². The predicted molar refractivity (Wildman–Crippen MR) is 139 cm³/mol. The molecule has 8 heteroatoms. The number of carbonyl (C=O) groups excluding carboxylic acids is 1. The Hall–Kier alpha value is -1.71. The minimum atomic E-state index is -0.756. The van der Waals surface area contributed by atoms with Gasteiger partial charge in [-0.15, -0.1) is 0 Å². The van der Waals surface area contributed by atoms with Gasteiger partial charge in [0.05, 0.1) is 31.5 Å². The number of hydrogen-bond donors (Lipinski definition) is 0. The molecular weight excluding hydrogens is 474 g/mol. The first-order chi connectivity index (χ1) is 17.5. The monoisotopic (exact) mass is 519 g/mol. The van der Waals surface area contributed by atoms with Crippen LogP contribution in [0.5, 0.6) is 5.75 Å². The first-order valence-corrected chi connectivity index (χ1v) is 13.8. The zero-order valence-corrected chi connectivity index (χ0v) is 23.6. The van der Waals surface area contributed by atoms with Crippen molar-refractivity contribution < 1.29 is 33.3 Å². The number of epoxide rings is 1. The first-order valence-electron chi connectivity index (χ1n) is 13.8. The Balaban J connectivity index is 1.48. The van der Waals surface area contributed by atoms with Crippen LogP contribution in [0.25, 0.3) is 0 Å². The van der Waals surface area contributed by atoms with Crippen molar-refractivity contribution in [1.29, 1.82) is 0 Å². The third-order valence-electron chi connectivity index (χ3n) is 8.73. The van der Waals surface area contributed by atoms with E-state index in [-0.39, 0.29) is 41.8 Å². The lowest BCUT2D eigenvalue weighted by Crippen LogP contribution is -2.71. The van der Waals surface area contributed by atoms with Crippen LogP contribution in [0, 0.1) is 5.92 Å². The molecule has 3 saturated heterocycles. The van der Waals surface area contributed by atoms with E-state index in [1.54, 1.807) is 0 Å². The summed E-state index contributed by atoms with van der Waals surface area (Å²) in [7, 11) is 0. The summed E-state index contributed by atoms with van der Waals surface area (Å²) in [4.78, 5) is 18.2. The molecule has 3 fully saturated rings. The molecule has 1 aromatic carbocycles. The van der Waals surface area contributed by atoms with Crippen LogP contribution in [0.2, 0.25) is 0 Å². The summed E-state index contributed by atoms with van der Waals surface area (Å²) < 4.78 is 29.3. The predicted octanol–water partition coefficient (Wildman–Crippen LogP) is 5.20. The molecule has 7 unspecified atom stereocenters. The van der Waals surface area contributed by atoms with E-state index in [9.17, 15) is 4.79 Å². The molecule has 3 aliphatic rings. The summed E-state index contributed by atoms with van der Waals surface area (Å²) in [5.41, 5.74) is 0.426. The fourth-order valence-corrected chi connectivity index (χ4v) is 5.78. The maximum atomic E-state index is 11.3. The molecule has 0 bridgehead atoms. The molecule has 208 valence electrons. The quantitative estimate of drug-likeness (QED) is 0.292. The van der Waals surface area contributed by atoms with E-state index in [1.165, 1.54) is 6.92 Å². The van der Waals surface area contributed by atoms with Crippen LogP contribution in [0.3, 0.4) is 0 Å². The minimum absolute atomic E-state index is 0.0189. The van der Waals surface area contributed by atoms with Crippen molar-refractivity contribution in [1.82, 2.24) is 5.06 Å². The van der Waals surface area contributed by atoms with Gasteiger partial charge >= 0.3 is 5.97 Å². The second-order valence-electron chi connectivity index (χ2n) is 11.3. The van der Waals surface area contributed by atoms with E-state index in [1.807, 2.05) is 12.1 Å². The highest BCUT2D eigenvalue weighted by Gasteiger charge is 2.64. The maximum absolute atomic E-state index is 11.3. The van der Waals surface area contributed by atoms with Crippen LogP contribution < -0.4 is 4.74 Å². The number of rotatable bonds is 11. The molecule has 7 atom stereocenters. The number of nitrogens with zero attached hydrogens (tertiary/aromatic N) is 1. The fourth-order valence-electron chi connectivity index (χ4n) is 5.78. The van der Waals surface area contributed by atoms with Gasteiger partial charge in [0.1, 0.15) is 24.6 Å². The van der Waals surface area contributed by atoms with Gasteiger partial charge in [-0.05, 0) is 51.3 Å². The summed E-state index contributed by atoms with van der Waals surface area (Å²) in [5, 5.41) is 2.23. The van der Waals surface area contributed by atoms with Crippen LogP contribution in [-0.2, 0) is 28.6 Å². The summed E-state index contributed by atoms with van der Waals surface area (Å²) in [6, 6.07) is 8.19. The van der Waals surface area contributed by atoms with Gasteiger partial charge in [-0.1, -0.05) is 32.9 Å². The molecule has 3 heterocycles. The van der Waals surface area contributed by atoms with Crippen molar-refractivity contribution in [2.45, 2.75) is 109 Å². The highest BCUT2D eigenvalue weighted by atomic mass is 16.8. The Kier molecular flexibility index (Phi) is 8.56. The van der Waals surface area contributed by atoms with Gasteiger partial charge in [-0.2, -0.15) is 5.06 Å². The number of hydrogen-bond acceptors (Lipinski definition) is 8. The van der Waals surface area contributed by atoms with Gasteiger partial charge < -0.3 is 23.7 Å². The van der Waals surface area contributed by atoms with Gasteiger partial charge in [-0.3, -0.25) is 9.63 Å². The van der Waals surface area contributed by atoms with Crippen molar-refractivity contribution in [3.05, 3.63) is 29.8 Å². The molecule has 0 radical (unpaired) electrons. The smallest absolute Gasteiger partial charge is 0.302 e. The van der Waals surface area contributed by atoms with Crippen LogP contribution >= 0.6 is 0 Å². The average molecular weight is 520 g/mol. The van der Waals surface area contributed by atoms with Crippen LogP contribution in [0.4, 0.5) is 0 Å². The minimum Gasteiger partial charge on any atom is -0.493 e. The van der Waals surface area contributed by atoms with Gasteiger partial charge in [0.2, 0.25) is 0 Å². The van der Waals surface area contributed by atoms with Crippen molar-refractivity contribution in [3.8, 4) is 5.75 Å². The molecule has 1 aromatic rings. The normalized spacial score (nSPS) is 36.5. The Morgan fingerprint density at radius 2 is 1.84 bits per heavy atom. The Bertz CT molecular complexity index is 921. The molecule has 0 N–H and O–H groups in total. The number of ether oxygens (including phenoxy) is 5. The summed E-state index contributed by atoms with van der Waals surface area (Å²) in [6.45, 7) is 16.7. The lowest BCUT2D eigenvalue weighted by Gasteiger charge is -2.62. The van der Waals surface area contributed by atoms with Crippen molar-refractivity contribution in [3.63, 3.8) is 0 Å². The molecule has 0 amide bonds. The van der Waals surface area contributed by atoms with E-state index in [0.29, 0.717) is 25.7 Å². The first kappa shape index (κ1) is 28.3. The van der Waals surface area contributed by atoms with Crippen molar-refractivity contribution in [2.75, 3.05) is 26.4 Å². The Morgan fingerprint density at radius 3 is 2.43 bits per heavy atom. The highest BCUT2D eigenvalue weighted by Crippen LogP contribution is 2.54. The highest BCUT2D eigenvalue weighted by molar-refractivity contribution is 5.65. The number of hydroxylamine groups is 2. The lowest BCUT2D eigenvalue weighted by molar-refractivity contribution is -0.380. The molecule has 3 aliphatic heterocycles. The van der Waals surface area contributed by atoms with Gasteiger partial charge in [0.25, 0.3) is 0 Å². The molecule has 1 spiro atoms. The van der Waals surface area contributed by atoms with E-state index in [0.717, 1.165) is 37.2 Å². The van der Waals surface area contributed by atoms with E-state index >= 15 is 0 Å².